The lowest BCUT2D eigenvalue weighted by Gasteiger charge is -2.46. The number of nitrogens with zero attached hydrogens (tertiary/aromatic N) is 1. The first kappa shape index (κ1) is 23.9. The fourth-order valence-corrected chi connectivity index (χ4v) is 5.64. The van der Waals surface area contributed by atoms with Crippen LogP contribution in [0.2, 0.25) is 0 Å². The molecule has 0 aromatic heterocycles. The summed E-state index contributed by atoms with van der Waals surface area (Å²) in [7, 11) is 0. The van der Waals surface area contributed by atoms with Crippen LogP contribution >= 0.6 is 31.9 Å². The van der Waals surface area contributed by atoms with Crippen molar-refractivity contribution in [3.63, 3.8) is 0 Å². The molecule has 1 saturated heterocycles. The fraction of sp³-hybridized carbons (Fsp3) is 0.357. The molecule has 6 heteroatoms. The average molecular weight is 587 g/mol. The van der Waals surface area contributed by atoms with Crippen LogP contribution in [-0.2, 0) is 19.6 Å². The van der Waals surface area contributed by atoms with Crippen molar-refractivity contribution in [1.29, 1.82) is 0 Å². The molecule has 0 spiro atoms. The van der Waals surface area contributed by atoms with E-state index in [2.05, 4.69) is 80.1 Å². The summed E-state index contributed by atoms with van der Waals surface area (Å²) in [6, 6.07) is 21.3. The number of aliphatic hydroxyl groups excluding tert-OH is 1. The monoisotopic (exact) mass is 585 g/mol. The second kappa shape index (κ2) is 10.4. The van der Waals surface area contributed by atoms with Gasteiger partial charge in [0.15, 0.2) is 11.5 Å². The van der Waals surface area contributed by atoms with Crippen LogP contribution in [0.4, 0.5) is 0 Å². The predicted molar refractivity (Wildman–Crippen MR) is 141 cm³/mol. The van der Waals surface area contributed by atoms with Crippen LogP contribution in [0.1, 0.15) is 48.1 Å². The van der Waals surface area contributed by atoms with E-state index in [-0.39, 0.29) is 12.1 Å². The van der Waals surface area contributed by atoms with E-state index in [1.165, 1.54) is 11.1 Å². The van der Waals surface area contributed by atoms with E-state index in [0.717, 1.165) is 57.4 Å². The van der Waals surface area contributed by atoms with Gasteiger partial charge >= 0.3 is 0 Å². The maximum Gasteiger partial charge on any atom is 0.162 e. The first-order valence-corrected chi connectivity index (χ1v) is 13.4. The van der Waals surface area contributed by atoms with Gasteiger partial charge in [0.1, 0.15) is 13.2 Å². The molecular formula is C28H29Br2NO3. The number of halogens is 2. The Hall–Kier alpha value is -1.86. The number of ether oxygens (including phenoxy) is 2. The molecule has 34 heavy (non-hydrogen) atoms. The third kappa shape index (κ3) is 5.35. The van der Waals surface area contributed by atoms with Gasteiger partial charge in [0, 0.05) is 27.6 Å². The number of hydrogen-bond acceptors (Lipinski definition) is 4. The zero-order chi connectivity index (χ0) is 23.7. The largest absolute Gasteiger partial charge is 0.485 e. The molecule has 4 nitrogen and oxygen atoms in total. The van der Waals surface area contributed by atoms with Gasteiger partial charge in [-0.3, -0.25) is 4.90 Å². The summed E-state index contributed by atoms with van der Waals surface area (Å²) in [5, 5.41) is 10.5. The van der Waals surface area contributed by atoms with Crippen LogP contribution in [0.15, 0.2) is 69.6 Å². The summed E-state index contributed by atoms with van der Waals surface area (Å²) in [4.78, 5) is 2.54. The van der Waals surface area contributed by atoms with Crippen molar-refractivity contribution in [3.05, 3.63) is 91.9 Å². The Bertz CT molecular complexity index is 1130. The molecule has 2 heterocycles. The van der Waals surface area contributed by atoms with Crippen molar-refractivity contribution in [1.82, 2.24) is 4.90 Å². The molecule has 1 N–H and O–H groups in total. The maximum atomic E-state index is 10.5. The van der Waals surface area contributed by atoms with Crippen LogP contribution in [-0.4, -0.2) is 28.7 Å². The Morgan fingerprint density at radius 1 is 0.853 bits per heavy atom. The average Bonchev–Trinajstić information content (AvgIpc) is 2.83. The van der Waals surface area contributed by atoms with Gasteiger partial charge in [-0.25, -0.2) is 0 Å². The Kier molecular flexibility index (Phi) is 7.30. The van der Waals surface area contributed by atoms with Crippen molar-refractivity contribution >= 4 is 31.9 Å². The molecule has 178 valence electrons. The number of fused-ring (bicyclic) bond motifs is 3. The highest BCUT2D eigenvalue weighted by atomic mass is 79.9. The number of aliphatic hydroxyl groups is 1. The van der Waals surface area contributed by atoms with Crippen LogP contribution < -0.4 is 9.47 Å². The van der Waals surface area contributed by atoms with Gasteiger partial charge in [-0.2, -0.15) is 0 Å². The summed E-state index contributed by atoms with van der Waals surface area (Å²) in [5.74, 6) is 1.53. The van der Waals surface area contributed by atoms with Crippen molar-refractivity contribution in [2.75, 3.05) is 6.54 Å². The quantitative estimate of drug-likeness (QED) is 0.344. The minimum Gasteiger partial charge on any atom is -0.485 e. The molecule has 0 amide bonds. The standard InChI is InChI=1S/C28H29Br2NO3/c1-18-12-24(32)14-26-25-15-28(34-17-20-4-8-23(30)9-5-20)27(13-21(25)10-11-31(18)26)33-16-19-2-6-22(29)7-3-19/h2-9,13,15,18,24,26,32H,10-12,14,16-17H2,1H3/t18-,24+,26+/m1/s1. The van der Waals surface area contributed by atoms with E-state index >= 15 is 0 Å². The second-order valence-corrected chi connectivity index (χ2v) is 11.1. The van der Waals surface area contributed by atoms with Gasteiger partial charge in [0.2, 0.25) is 0 Å². The Morgan fingerprint density at radius 2 is 1.41 bits per heavy atom. The van der Waals surface area contributed by atoms with Gasteiger partial charge in [0.05, 0.1) is 6.10 Å². The summed E-state index contributed by atoms with van der Waals surface area (Å²) in [6.07, 6.45) is 2.33. The van der Waals surface area contributed by atoms with Gasteiger partial charge in [-0.1, -0.05) is 56.1 Å². The second-order valence-electron chi connectivity index (χ2n) is 9.31. The van der Waals surface area contributed by atoms with Gasteiger partial charge < -0.3 is 14.6 Å². The van der Waals surface area contributed by atoms with Crippen LogP contribution in [0.3, 0.4) is 0 Å². The van der Waals surface area contributed by atoms with E-state index in [9.17, 15) is 5.11 Å². The van der Waals surface area contributed by atoms with Gasteiger partial charge in [-0.05, 0) is 84.8 Å². The lowest BCUT2D eigenvalue weighted by Crippen LogP contribution is -2.48. The Morgan fingerprint density at radius 3 is 2.00 bits per heavy atom. The minimum atomic E-state index is -0.261. The third-order valence-electron chi connectivity index (χ3n) is 6.89. The van der Waals surface area contributed by atoms with E-state index in [4.69, 9.17) is 9.47 Å². The fourth-order valence-electron chi connectivity index (χ4n) is 5.11. The van der Waals surface area contributed by atoms with Gasteiger partial charge in [-0.15, -0.1) is 0 Å². The first-order chi connectivity index (χ1) is 16.5. The molecule has 3 atom stereocenters. The summed E-state index contributed by atoms with van der Waals surface area (Å²) in [5.41, 5.74) is 4.77. The highest BCUT2D eigenvalue weighted by Gasteiger charge is 2.37. The number of piperidine rings is 1. The SMILES string of the molecule is C[C@@H]1C[C@H](O)C[C@H]2c3cc(OCc4ccc(Br)cc4)c(OCc4ccc(Br)cc4)cc3CCN12. The molecule has 1 fully saturated rings. The topological polar surface area (TPSA) is 41.9 Å². The molecule has 0 aliphatic carbocycles. The third-order valence-corrected chi connectivity index (χ3v) is 7.95. The zero-order valence-corrected chi connectivity index (χ0v) is 22.4. The molecule has 0 saturated carbocycles. The lowest BCUT2D eigenvalue weighted by atomic mass is 9.83. The first-order valence-electron chi connectivity index (χ1n) is 11.8. The van der Waals surface area contributed by atoms with Crippen LogP contribution in [0, 0.1) is 0 Å². The van der Waals surface area contributed by atoms with Crippen molar-refractivity contribution in [3.8, 4) is 11.5 Å². The normalized spacial score (nSPS) is 22.1. The molecule has 0 radical (unpaired) electrons. The van der Waals surface area contributed by atoms with E-state index in [1.807, 2.05) is 24.3 Å². The summed E-state index contributed by atoms with van der Waals surface area (Å²) >= 11 is 6.99. The summed E-state index contributed by atoms with van der Waals surface area (Å²) < 4.78 is 14.7. The van der Waals surface area contributed by atoms with Crippen LogP contribution in [0.25, 0.3) is 0 Å². The smallest absolute Gasteiger partial charge is 0.162 e. The van der Waals surface area contributed by atoms with E-state index in [0.29, 0.717) is 19.3 Å². The lowest BCUT2D eigenvalue weighted by molar-refractivity contribution is 0.000926. The molecule has 0 bridgehead atoms. The predicted octanol–water partition coefficient (Wildman–Crippen LogP) is 6.81. The summed E-state index contributed by atoms with van der Waals surface area (Å²) in [6.45, 7) is 4.18. The number of hydrogen-bond donors (Lipinski definition) is 1. The highest BCUT2D eigenvalue weighted by Crippen LogP contribution is 2.44. The molecule has 0 unspecified atom stereocenters. The van der Waals surface area contributed by atoms with Crippen molar-refractivity contribution in [2.45, 2.75) is 57.6 Å². The molecule has 3 aromatic rings. The van der Waals surface area contributed by atoms with Crippen molar-refractivity contribution in [2.24, 2.45) is 0 Å². The highest BCUT2D eigenvalue weighted by molar-refractivity contribution is 9.10. The van der Waals surface area contributed by atoms with E-state index in [1.54, 1.807) is 0 Å². The van der Waals surface area contributed by atoms with Crippen LogP contribution in [0.5, 0.6) is 11.5 Å². The maximum absolute atomic E-state index is 10.5. The van der Waals surface area contributed by atoms with Gasteiger partial charge in [0.25, 0.3) is 0 Å². The molecule has 5 rings (SSSR count). The molecule has 2 aliphatic rings. The minimum absolute atomic E-state index is 0.220. The van der Waals surface area contributed by atoms with Crippen molar-refractivity contribution < 1.29 is 14.6 Å². The molecule has 2 aliphatic heterocycles. The number of rotatable bonds is 6. The molecule has 3 aromatic carbocycles. The number of benzene rings is 3. The Balaban J connectivity index is 1.44. The zero-order valence-electron chi connectivity index (χ0n) is 19.2. The van der Waals surface area contributed by atoms with E-state index < -0.39 is 0 Å². The molecular weight excluding hydrogens is 558 g/mol. The Labute approximate surface area is 218 Å².